The molecule has 0 unspecified atom stereocenters. The lowest BCUT2D eigenvalue weighted by atomic mass is 10.3. The predicted molar refractivity (Wildman–Crippen MR) is 64.3 cm³/mol. The molecule has 0 bridgehead atoms. The maximum Gasteiger partial charge on any atom is 0.316 e. The quantitative estimate of drug-likeness (QED) is 0.582. The highest BCUT2D eigenvalue weighted by Crippen LogP contribution is 2.05. The molecule has 0 radical (unpaired) electrons. The van der Waals surface area contributed by atoms with Crippen molar-refractivity contribution >= 4 is 11.6 Å². The molecule has 0 spiro atoms. The smallest absolute Gasteiger partial charge is 0.312 e. The van der Waals surface area contributed by atoms with E-state index in [1.54, 1.807) is 24.4 Å². The minimum Gasteiger partial charge on any atom is -0.312 e. The summed E-state index contributed by atoms with van der Waals surface area (Å²) < 4.78 is 2.55. The number of pyridine rings is 1. The molecule has 6 heteroatoms. The lowest BCUT2D eigenvalue weighted by molar-refractivity contribution is 0.684. The van der Waals surface area contributed by atoms with E-state index in [0.29, 0.717) is 10.8 Å². The van der Waals surface area contributed by atoms with Crippen LogP contribution in [-0.4, -0.2) is 14.1 Å². The summed E-state index contributed by atoms with van der Waals surface area (Å²) in [6.45, 7) is 0.232. The number of rotatable bonds is 2. The second-order valence-corrected chi connectivity index (χ2v) is 3.99. The Labute approximate surface area is 102 Å². The van der Waals surface area contributed by atoms with E-state index >= 15 is 0 Å². The van der Waals surface area contributed by atoms with Crippen molar-refractivity contribution in [3.8, 4) is 0 Å². The fraction of sp³-hybridized carbons (Fsp3) is 0.182. The van der Waals surface area contributed by atoms with Crippen molar-refractivity contribution < 1.29 is 0 Å². The SMILES string of the molecule is Cn1ccn(Cc2cccc(Cl)n2)c(=O)c1=O. The molecular formula is C11H10ClN3O2. The zero-order valence-electron chi connectivity index (χ0n) is 9.13. The van der Waals surface area contributed by atoms with Gasteiger partial charge in [-0.25, -0.2) is 4.98 Å². The molecule has 2 aromatic heterocycles. The number of nitrogens with zero attached hydrogens (tertiary/aromatic N) is 3. The van der Waals surface area contributed by atoms with Crippen LogP contribution < -0.4 is 11.1 Å². The van der Waals surface area contributed by atoms with Crippen LogP contribution in [0.15, 0.2) is 40.2 Å². The minimum atomic E-state index is -0.572. The summed E-state index contributed by atoms with van der Waals surface area (Å²) in [4.78, 5) is 27.1. The predicted octanol–water partition coefficient (Wildman–Crippen LogP) is 0.644. The molecule has 2 aromatic rings. The first kappa shape index (κ1) is 11.6. The van der Waals surface area contributed by atoms with E-state index in [2.05, 4.69) is 4.98 Å². The van der Waals surface area contributed by atoms with E-state index < -0.39 is 11.1 Å². The molecule has 0 saturated carbocycles. The highest BCUT2D eigenvalue weighted by Gasteiger charge is 2.04. The second-order valence-electron chi connectivity index (χ2n) is 3.60. The molecule has 0 fully saturated rings. The van der Waals surface area contributed by atoms with Crippen molar-refractivity contribution in [1.82, 2.24) is 14.1 Å². The standard InChI is InChI=1S/C11H10ClN3O2/c1-14-5-6-15(11(17)10(14)16)7-8-3-2-4-9(12)13-8/h2-6H,7H2,1H3. The van der Waals surface area contributed by atoms with Crippen molar-refractivity contribution in [2.45, 2.75) is 6.54 Å². The van der Waals surface area contributed by atoms with Gasteiger partial charge in [-0.1, -0.05) is 17.7 Å². The summed E-state index contributed by atoms with van der Waals surface area (Å²) >= 11 is 5.74. The fourth-order valence-corrected chi connectivity index (χ4v) is 1.61. The van der Waals surface area contributed by atoms with Crippen LogP contribution in [0.5, 0.6) is 0 Å². The van der Waals surface area contributed by atoms with E-state index in [9.17, 15) is 9.59 Å². The van der Waals surface area contributed by atoms with Crippen molar-refractivity contribution in [1.29, 1.82) is 0 Å². The molecule has 0 saturated heterocycles. The van der Waals surface area contributed by atoms with Gasteiger partial charge in [0.25, 0.3) is 0 Å². The summed E-state index contributed by atoms with van der Waals surface area (Å²) in [6, 6.07) is 5.14. The van der Waals surface area contributed by atoms with Gasteiger partial charge in [0, 0.05) is 19.4 Å². The number of halogens is 1. The number of hydrogen-bond donors (Lipinski definition) is 0. The Balaban J connectivity index is 2.41. The summed E-state index contributed by atoms with van der Waals surface area (Å²) in [6.07, 6.45) is 3.08. The molecule has 0 N–H and O–H groups in total. The molecule has 0 aliphatic carbocycles. The molecule has 17 heavy (non-hydrogen) atoms. The molecule has 88 valence electrons. The Morgan fingerprint density at radius 3 is 2.71 bits per heavy atom. The maximum atomic E-state index is 11.6. The molecule has 0 aromatic carbocycles. The zero-order chi connectivity index (χ0) is 12.4. The normalized spacial score (nSPS) is 10.5. The van der Waals surface area contributed by atoms with Crippen LogP contribution in [0, 0.1) is 0 Å². The number of hydrogen-bond acceptors (Lipinski definition) is 3. The molecular weight excluding hydrogens is 242 g/mol. The number of aromatic nitrogens is 3. The van der Waals surface area contributed by atoms with E-state index in [1.807, 2.05) is 0 Å². The number of aryl methyl sites for hydroxylation is 1. The van der Waals surface area contributed by atoms with Crippen LogP contribution in [-0.2, 0) is 13.6 Å². The second kappa shape index (κ2) is 4.55. The minimum absolute atomic E-state index is 0.232. The van der Waals surface area contributed by atoms with Gasteiger partial charge in [-0.05, 0) is 12.1 Å². The summed E-state index contributed by atoms with van der Waals surface area (Å²) in [5, 5.41) is 0.361. The Kier molecular flexibility index (Phi) is 3.10. The van der Waals surface area contributed by atoms with Crippen LogP contribution in [0.1, 0.15) is 5.69 Å². The van der Waals surface area contributed by atoms with Crippen LogP contribution >= 0.6 is 11.6 Å². The van der Waals surface area contributed by atoms with Crippen LogP contribution in [0.3, 0.4) is 0 Å². The highest BCUT2D eigenvalue weighted by molar-refractivity contribution is 6.29. The van der Waals surface area contributed by atoms with Gasteiger partial charge in [-0.2, -0.15) is 0 Å². The third-order valence-electron chi connectivity index (χ3n) is 2.34. The third-order valence-corrected chi connectivity index (χ3v) is 2.55. The summed E-state index contributed by atoms with van der Waals surface area (Å²) in [7, 11) is 1.53. The average Bonchev–Trinajstić information content (AvgIpc) is 2.30. The fourth-order valence-electron chi connectivity index (χ4n) is 1.43. The lowest BCUT2D eigenvalue weighted by Crippen LogP contribution is -2.39. The van der Waals surface area contributed by atoms with Gasteiger partial charge >= 0.3 is 11.1 Å². The third kappa shape index (κ3) is 2.45. The maximum absolute atomic E-state index is 11.6. The molecule has 5 nitrogen and oxygen atoms in total. The van der Waals surface area contributed by atoms with E-state index in [0.717, 1.165) is 0 Å². The molecule has 0 atom stereocenters. The van der Waals surface area contributed by atoms with E-state index in [-0.39, 0.29) is 6.54 Å². The molecule has 2 heterocycles. The highest BCUT2D eigenvalue weighted by atomic mass is 35.5. The van der Waals surface area contributed by atoms with Crippen molar-refractivity contribution in [2.24, 2.45) is 7.05 Å². The lowest BCUT2D eigenvalue weighted by Gasteiger charge is -2.05. The molecule has 0 aliphatic rings. The Hall–Kier alpha value is -1.88. The van der Waals surface area contributed by atoms with Crippen LogP contribution in [0.4, 0.5) is 0 Å². The van der Waals surface area contributed by atoms with Gasteiger partial charge in [-0.3, -0.25) is 9.59 Å². The first-order valence-electron chi connectivity index (χ1n) is 4.95. The van der Waals surface area contributed by atoms with E-state index in [4.69, 9.17) is 11.6 Å². The van der Waals surface area contributed by atoms with Gasteiger partial charge in [0.1, 0.15) is 5.15 Å². The van der Waals surface area contributed by atoms with Crippen molar-refractivity contribution in [3.63, 3.8) is 0 Å². The first-order chi connectivity index (χ1) is 8.08. The van der Waals surface area contributed by atoms with Crippen molar-refractivity contribution in [2.75, 3.05) is 0 Å². The van der Waals surface area contributed by atoms with E-state index in [1.165, 1.54) is 22.4 Å². The summed E-state index contributed by atoms with van der Waals surface area (Å²) in [5.74, 6) is 0. The molecule has 0 aliphatic heterocycles. The topological polar surface area (TPSA) is 56.9 Å². The van der Waals surface area contributed by atoms with Gasteiger partial charge in [0.05, 0.1) is 12.2 Å². The Bertz CT molecular complexity index is 660. The van der Waals surface area contributed by atoms with Gasteiger partial charge in [0.2, 0.25) is 0 Å². The van der Waals surface area contributed by atoms with Gasteiger partial charge in [0.15, 0.2) is 0 Å². The zero-order valence-corrected chi connectivity index (χ0v) is 9.89. The molecule has 0 amide bonds. The average molecular weight is 252 g/mol. The Morgan fingerprint density at radius 2 is 2.00 bits per heavy atom. The Morgan fingerprint density at radius 1 is 1.24 bits per heavy atom. The summed E-state index contributed by atoms with van der Waals surface area (Å²) in [5.41, 5.74) is -0.501. The largest absolute Gasteiger partial charge is 0.316 e. The first-order valence-corrected chi connectivity index (χ1v) is 5.33. The van der Waals surface area contributed by atoms with Crippen LogP contribution in [0.2, 0.25) is 5.15 Å². The van der Waals surface area contributed by atoms with Gasteiger partial charge in [-0.15, -0.1) is 0 Å². The molecule has 2 rings (SSSR count). The monoisotopic (exact) mass is 251 g/mol. The van der Waals surface area contributed by atoms with Gasteiger partial charge < -0.3 is 9.13 Å². The van der Waals surface area contributed by atoms with Crippen molar-refractivity contribution in [3.05, 3.63) is 62.1 Å². The van der Waals surface area contributed by atoms with Crippen LogP contribution in [0.25, 0.3) is 0 Å².